The number of piperidine rings is 1. The summed E-state index contributed by atoms with van der Waals surface area (Å²) < 4.78 is 33.7. The average Bonchev–Trinajstić information content (AvgIpc) is 3.65. The Balaban J connectivity index is 1.86. The van der Waals surface area contributed by atoms with Crippen LogP contribution in [0.2, 0.25) is 10.0 Å². The SMILES string of the molecule is CCC(CNS(=O)(=O)C1(C)CC1)N1C(=O)C(CC(=O)O)(OC)CC(c2cccc(Cl)c2)C1c1ccc(Cl)cc1. The number of nitrogens with one attached hydrogen (secondary N) is 1. The maximum Gasteiger partial charge on any atom is 0.306 e. The van der Waals surface area contributed by atoms with Crippen LogP contribution in [0.15, 0.2) is 48.5 Å². The molecule has 1 amide bonds. The molecule has 1 aliphatic carbocycles. The second-order valence-electron chi connectivity index (χ2n) is 10.7. The first-order valence-electron chi connectivity index (χ1n) is 13.0. The summed E-state index contributed by atoms with van der Waals surface area (Å²) in [5.41, 5.74) is -0.0582. The average molecular weight is 598 g/mol. The Bertz CT molecular complexity index is 1330. The monoisotopic (exact) mass is 596 g/mol. The minimum atomic E-state index is -3.61. The molecular weight excluding hydrogens is 563 g/mol. The molecule has 39 heavy (non-hydrogen) atoms. The predicted molar refractivity (Wildman–Crippen MR) is 150 cm³/mol. The van der Waals surface area contributed by atoms with E-state index < -0.39 is 56.7 Å². The number of ether oxygens (including phenoxy) is 1. The fourth-order valence-corrected chi connectivity index (χ4v) is 7.22. The summed E-state index contributed by atoms with van der Waals surface area (Å²) >= 11 is 12.6. The van der Waals surface area contributed by atoms with Crippen molar-refractivity contribution >= 4 is 45.1 Å². The molecule has 11 heteroatoms. The first kappa shape index (κ1) is 29.8. The van der Waals surface area contributed by atoms with E-state index in [2.05, 4.69) is 4.72 Å². The highest BCUT2D eigenvalue weighted by Gasteiger charge is 2.56. The summed E-state index contributed by atoms with van der Waals surface area (Å²) in [7, 11) is -2.27. The number of hydrogen-bond acceptors (Lipinski definition) is 5. The molecule has 1 saturated carbocycles. The van der Waals surface area contributed by atoms with Gasteiger partial charge in [-0.25, -0.2) is 13.1 Å². The zero-order valence-corrected chi connectivity index (χ0v) is 24.5. The number of aliphatic carboxylic acids is 1. The number of carbonyl (C=O) groups is 2. The molecule has 0 spiro atoms. The fourth-order valence-electron chi connectivity index (χ4n) is 5.49. The lowest BCUT2D eigenvalue weighted by molar-refractivity contribution is -0.178. The van der Waals surface area contributed by atoms with E-state index >= 15 is 0 Å². The number of methoxy groups -OCH3 is 1. The van der Waals surface area contributed by atoms with E-state index in [4.69, 9.17) is 27.9 Å². The van der Waals surface area contributed by atoms with Gasteiger partial charge in [0.1, 0.15) is 0 Å². The number of nitrogens with zero attached hydrogens (tertiary/aromatic N) is 1. The second-order valence-corrected chi connectivity index (χ2v) is 13.9. The lowest BCUT2D eigenvalue weighted by Crippen LogP contribution is -2.62. The van der Waals surface area contributed by atoms with Crippen molar-refractivity contribution in [3.05, 3.63) is 69.7 Å². The molecule has 1 saturated heterocycles. The number of carbonyl (C=O) groups excluding carboxylic acids is 1. The minimum absolute atomic E-state index is 0.0145. The number of rotatable bonds is 11. The Morgan fingerprint density at radius 2 is 1.82 bits per heavy atom. The van der Waals surface area contributed by atoms with E-state index in [-0.39, 0.29) is 13.0 Å². The highest BCUT2D eigenvalue weighted by atomic mass is 35.5. The molecule has 0 radical (unpaired) electrons. The fraction of sp³-hybridized carbons (Fsp3) is 0.500. The van der Waals surface area contributed by atoms with E-state index in [1.807, 2.05) is 37.3 Å². The van der Waals surface area contributed by atoms with E-state index in [0.717, 1.165) is 11.1 Å². The van der Waals surface area contributed by atoms with Crippen LogP contribution in [0.3, 0.4) is 0 Å². The number of sulfonamides is 1. The van der Waals surface area contributed by atoms with Crippen LogP contribution in [0.25, 0.3) is 0 Å². The number of halogens is 2. The van der Waals surface area contributed by atoms with Gasteiger partial charge in [0.15, 0.2) is 5.60 Å². The van der Waals surface area contributed by atoms with Crippen molar-refractivity contribution < 1.29 is 27.9 Å². The second kappa shape index (κ2) is 11.4. The molecule has 2 aliphatic rings. The third-order valence-corrected chi connectivity index (χ3v) is 10.9. The summed E-state index contributed by atoms with van der Waals surface area (Å²) in [6.07, 6.45) is 1.14. The van der Waals surface area contributed by atoms with Crippen molar-refractivity contribution in [3.63, 3.8) is 0 Å². The van der Waals surface area contributed by atoms with Gasteiger partial charge in [0, 0.05) is 35.7 Å². The van der Waals surface area contributed by atoms with Crippen molar-refractivity contribution in [2.45, 2.75) is 74.3 Å². The number of benzene rings is 2. The molecule has 4 unspecified atom stereocenters. The number of carboxylic acid groups (broad SMARTS) is 1. The summed E-state index contributed by atoms with van der Waals surface area (Å²) in [6.45, 7) is 3.56. The van der Waals surface area contributed by atoms with Crippen LogP contribution in [0, 0.1) is 0 Å². The van der Waals surface area contributed by atoms with E-state index in [0.29, 0.717) is 29.3 Å². The first-order valence-corrected chi connectivity index (χ1v) is 15.2. The van der Waals surface area contributed by atoms with Gasteiger partial charge in [-0.3, -0.25) is 9.59 Å². The third-order valence-electron chi connectivity index (χ3n) is 8.15. The van der Waals surface area contributed by atoms with Gasteiger partial charge >= 0.3 is 5.97 Å². The molecule has 212 valence electrons. The van der Waals surface area contributed by atoms with Crippen LogP contribution < -0.4 is 4.72 Å². The summed E-state index contributed by atoms with van der Waals surface area (Å²) in [4.78, 5) is 28.0. The van der Waals surface area contributed by atoms with Crippen molar-refractivity contribution in [2.75, 3.05) is 13.7 Å². The summed E-state index contributed by atoms with van der Waals surface area (Å²) in [6, 6.07) is 13.3. The van der Waals surface area contributed by atoms with E-state index in [1.165, 1.54) is 7.11 Å². The molecule has 2 fully saturated rings. The van der Waals surface area contributed by atoms with Gasteiger partial charge in [-0.2, -0.15) is 0 Å². The number of likely N-dealkylation sites (tertiary alicyclic amines) is 1. The molecule has 1 heterocycles. The van der Waals surface area contributed by atoms with Gasteiger partial charge in [-0.05, 0) is 68.0 Å². The zero-order valence-electron chi connectivity index (χ0n) is 22.2. The Morgan fingerprint density at radius 1 is 1.15 bits per heavy atom. The molecule has 4 rings (SSSR count). The lowest BCUT2D eigenvalue weighted by atomic mass is 9.72. The largest absolute Gasteiger partial charge is 0.481 e. The van der Waals surface area contributed by atoms with Crippen LogP contribution in [0.4, 0.5) is 0 Å². The molecule has 2 N–H and O–H groups in total. The van der Waals surface area contributed by atoms with Crippen LogP contribution >= 0.6 is 23.2 Å². The lowest BCUT2D eigenvalue weighted by Gasteiger charge is -2.52. The Labute approximate surface area is 239 Å². The zero-order chi connectivity index (χ0) is 28.6. The maximum absolute atomic E-state index is 14.4. The van der Waals surface area contributed by atoms with Gasteiger partial charge in [-0.1, -0.05) is 54.4 Å². The molecule has 4 atom stereocenters. The minimum Gasteiger partial charge on any atom is -0.481 e. The van der Waals surface area contributed by atoms with Gasteiger partial charge in [-0.15, -0.1) is 0 Å². The van der Waals surface area contributed by atoms with Gasteiger partial charge in [0.05, 0.1) is 17.2 Å². The number of hydrogen-bond donors (Lipinski definition) is 2. The number of carboxylic acids is 1. The van der Waals surface area contributed by atoms with Crippen LogP contribution in [0.5, 0.6) is 0 Å². The molecule has 1 aliphatic heterocycles. The Morgan fingerprint density at radius 3 is 2.36 bits per heavy atom. The molecular formula is C28H34Cl2N2O6S. The topological polar surface area (TPSA) is 113 Å². The molecule has 2 aromatic carbocycles. The van der Waals surface area contributed by atoms with Crippen molar-refractivity contribution in [2.24, 2.45) is 0 Å². The Hall–Kier alpha value is -2.17. The molecule has 8 nitrogen and oxygen atoms in total. The summed E-state index contributed by atoms with van der Waals surface area (Å²) in [5, 5.41) is 10.8. The normalized spacial score (nSPS) is 25.4. The third kappa shape index (κ3) is 5.98. The van der Waals surface area contributed by atoms with Gasteiger partial charge < -0.3 is 14.7 Å². The first-order chi connectivity index (χ1) is 18.4. The highest BCUT2D eigenvalue weighted by Crippen LogP contribution is 2.50. The smallest absolute Gasteiger partial charge is 0.306 e. The Kier molecular flexibility index (Phi) is 8.69. The number of amides is 1. The molecule has 0 aromatic heterocycles. The standard InChI is InChI=1S/C28H34Cl2N2O6S/c1-4-22(17-31-39(36,37)27(2)12-13-27)32-25(18-8-10-20(29)11-9-18)23(19-6-5-7-21(30)14-19)15-28(38-3,26(32)35)16-24(33)34/h5-11,14,22-23,25,31H,4,12-13,15-17H2,1-3H3,(H,33,34). The van der Waals surface area contributed by atoms with Crippen molar-refractivity contribution in [3.8, 4) is 0 Å². The predicted octanol–water partition coefficient (Wildman–Crippen LogP) is 5.16. The van der Waals surface area contributed by atoms with Crippen molar-refractivity contribution in [1.29, 1.82) is 0 Å². The van der Waals surface area contributed by atoms with Crippen LogP contribution in [0.1, 0.15) is 69.0 Å². The quantitative estimate of drug-likeness (QED) is 0.370. The van der Waals surface area contributed by atoms with Crippen LogP contribution in [-0.2, 0) is 24.3 Å². The summed E-state index contributed by atoms with van der Waals surface area (Å²) in [5.74, 6) is -2.07. The van der Waals surface area contributed by atoms with E-state index in [9.17, 15) is 23.1 Å². The highest BCUT2D eigenvalue weighted by molar-refractivity contribution is 7.91. The maximum atomic E-state index is 14.4. The van der Waals surface area contributed by atoms with Crippen molar-refractivity contribution in [1.82, 2.24) is 9.62 Å². The van der Waals surface area contributed by atoms with Crippen LogP contribution in [-0.4, -0.2) is 60.3 Å². The van der Waals surface area contributed by atoms with Gasteiger partial charge in [0.2, 0.25) is 10.0 Å². The molecule has 0 bridgehead atoms. The molecule has 2 aromatic rings. The van der Waals surface area contributed by atoms with Gasteiger partial charge in [0.25, 0.3) is 5.91 Å². The van der Waals surface area contributed by atoms with E-state index in [1.54, 1.807) is 30.0 Å².